The summed E-state index contributed by atoms with van der Waals surface area (Å²) >= 11 is 6.18. The van der Waals surface area contributed by atoms with Crippen LogP contribution in [0.5, 0.6) is 0 Å². The van der Waals surface area contributed by atoms with Gasteiger partial charge in [-0.05, 0) is 32.1 Å². The third kappa shape index (κ3) is 3.78. The molecule has 1 aromatic carbocycles. The fourth-order valence-electron chi connectivity index (χ4n) is 1.68. The van der Waals surface area contributed by atoms with Gasteiger partial charge in [0.2, 0.25) is 0 Å². The number of benzene rings is 1. The Kier molecular flexibility index (Phi) is 5.81. The molecule has 0 aliphatic heterocycles. The van der Waals surface area contributed by atoms with Crippen molar-refractivity contribution in [3.05, 3.63) is 34.9 Å². The van der Waals surface area contributed by atoms with Gasteiger partial charge in [-0.25, -0.2) is 0 Å². The van der Waals surface area contributed by atoms with E-state index in [1.54, 1.807) is 0 Å². The molecule has 1 atom stereocenters. The van der Waals surface area contributed by atoms with Crippen LogP contribution in [-0.4, -0.2) is 31.6 Å². The molecule has 0 fully saturated rings. The van der Waals surface area contributed by atoms with Crippen molar-refractivity contribution in [3.8, 4) is 0 Å². The lowest BCUT2D eigenvalue weighted by Gasteiger charge is -2.25. The predicted molar refractivity (Wildman–Crippen MR) is 71.0 cm³/mol. The average molecular weight is 241 g/mol. The Morgan fingerprint density at radius 3 is 2.69 bits per heavy atom. The summed E-state index contributed by atoms with van der Waals surface area (Å²) in [5, 5.41) is 4.18. The second kappa shape index (κ2) is 6.89. The summed E-state index contributed by atoms with van der Waals surface area (Å²) in [6, 6.07) is 8.40. The van der Waals surface area contributed by atoms with E-state index in [1.165, 1.54) is 5.56 Å². The zero-order chi connectivity index (χ0) is 12.0. The molecule has 1 N–H and O–H groups in total. The minimum Gasteiger partial charge on any atom is -0.316 e. The highest BCUT2D eigenvalue weighted by Crippen LogP contribution is 2.25. The Labute approximate surface area is 104 Å². The minimum absolute atomic E-state index is 0.354. The molecule has 1 rings (SSSR count). The van der Waals surface area contributed by atoms with Crippen molar-refractivity contribution in [1.82, 2.24) is 10.2 Å². The van der Waals surface area contributed by atoms with E-state index in [-0.39, 0.29) is 0 Å². The van der Waals surface area contributed by atoms with Crippen LogP contribution in [0.4, 0.5) is 0 Å². The van der Waals surface area contributed by atoms with E-state index in [0.717, 1.165) is 24.7 Å². The first-order chi connectivity index (χ1) is 7.66. The highest BCUT2D eigenvalue weighted by atomic mass is 35.5. The zero-order valence-electron chi connectivity index (χ0n) is 10.3. The fourth-order valence-corrected chi connectivity index (χ4v) is 1.97. The molecule has 3 heteroatoms. The van der Waals surface area contributed by atoms with Gasteiger partial charge >= 0.3 is 0 Å². The molecule has 0 aliphatic rings. The smallest absolute Gasteiger partial charge is 0.0453 e. The van der Waals surface area contributed by atoms with Crippen LogP contribution in [-0.2, 0) is 0 Å². The largest absolute Gasteiger partial charge is 0.316 e. The Morgan fingerprint density at radius 2 is 2.06 bits per heavy atom. The maximum Gasteiger partial charge on any atom is 0.0453 e. The standard InChI is InChI=1S/C13H21ClN2/c1-4-15-9-10-16(3)11(2)12-7-5-6-8-13(12)14/h5-8,11,15H,4,9-10H2,1-3H3. The molecule has 90 valence electrons. The van der Waals surface area contributed by atoms with Gasteiger partial charge in [-0.1, -0.05) is 36.7 Å². The third-order valence-corrected chi connectivity index (χ3v) is 3.25. The predicted octanol–water partition coefficient (Wildman–Crippen LogP) is 2.94. The van der Waals surface area contributed by atoms with E-state index in [4.69, 9.17) is 11.6 Å². The molecule has 2 nitrogen and oxygen atoms in total. The number of hydrogen-bond acceptors (Lipinski definition) is 2. The summed E-state index contributed by atoms with van der Waals surface area (Å²) in [6.45, 7) is 7.38. The molecule has 1 unspecified atom stereocenters. The second-order valence-corrected chi connectivity index (χ2v) is 4.44. The van der Waals surface area contributed by atoms with Gasteiger partial charge in [0.25, 0.3) is 0 Å². The SMILES string of the molecule is CCNCCN(C)C(C)c1ccccc1Cl. The highest BCUT2D eigenvalue weighted by molar-refractivity contribution is 6.31. The monoisotopic (exact) mass is 240 g/mol. The van der Waals surface area contributed by atoms with Crippen LogP contribution in [0.1, 0.15) is 25.5 Å². The summed E-state index contributed by atoms with van der Waals surface area (Å²) in [4.78, 5) is 2.31. The Morgan fingerprint density at radius 1 is 1.38 bits per heavy atom. The van der Waals surface area contributed by atoms with Crippen LogP contribution in [0.2, 0.25) is 5.02 Å². The highest BCUT2D eigenvalue weighted by Gasteiger charge is 2.13. The first-order valence-corrected chi connectivity index (χ1v) is 6.20. The van der Waals surface area contributed by atoms with Crippen molar-refractivity contribution < 1.29 is 0 Å². The maximum atomic E-state index is 6.18. The van der Waals surface area contributed by atoms with Crippen molar-refractivity contribution in [2.75, 3.05) is 26.7 Å². The molecule has 0 spiro atoms. The lowest BCUT2D eigenvalue weighted by Crippen LogP contribution is -2.31. The maximum absolute atomic E-state index is 6.18. The van der Waals surface area contributed by atoms with E-state index < -0.39 is 0 Å². The van der Waals surface area contributed by atoms with Gasteiger partial charge in [0.15, 0.2) is 0 Å². The van der Waals surface area contributed by atoms with Crippen molar-refractivity contribution in [2.45, 2.75) is 19.9 Å². The van der Waals surface area contributed by atoms with Crippen LogP contribution in [0.15, 0.2) is 24.3 Å². The topological polar surface area (TPSA) is 15.3 Å². The molecule has 0 radical (unpaired) electrons. The van der Waals surface area contributed by atoms with Gasteiger partial charge in [0.1, 0.15) is 0 Å². The normalized spacial score (nSPS) is 13.1. The van der Waals surface area contributed by atoms with Gasteiger partial charge in [-0.3, -0.25) is 4.90 Å². The molecule has 1 aromatic rings. The van der Waals surface area contributed by atoms with Gasteiger partial charge in [-0.2, -0.15) is 0 Å². The van der Waals surface area contributed by atoms with E-state index >= 15 is 0 Å². The Hall–Kier alpha value is -0.570. The molecule has 0 saturated heterocycles. The van der Waals surface area contributed by atoms with Gasteiger partial charge in [0, 0.05) is 24.2 Å². The number of nitrogens with zero attached hydrogens (tertiary/aromatic N) is 1. The third-order valence-electron chi connectivity index (χ3n) is 2.91. The molecular weight excluding hydrogens is 220 g/mol. The number of hydrogen-bond donors (Lipinski definition) is 1. The molecular formula is C13H21ClN2. The summed E-state index contributed by atoms with van der Waals surface area (Å²) in [6.07, 6.45) is 0. The second-order valence-electron chi connectivity index (χ2n) is 4.03. The number of likely N-dealkylation sites (N-methyl/N-ethyl adjacent to an activating group) is 2. The average Bonchev–Trinajstić information content (AvgIpc) is 2.29. The molecule has 0 aromatic heterocycles. The lowest BCUT2D eigenvalue weighted by atomic mass is 10.1. The number of nitrogens with one attached hydrogen (secondary N) is 1. The first-order valence-electron chi connectivity index (χ1n) is 5.82. The fraction of sp³-hybridized carbons (Fsp3) is 0.538. The lowest BCUT2D eigenvalue weighted by molar-refractivity contribution is 0.262. The van der Waals surface area contributed by atoms with E-state index in [9.17, 15) is 0 Å². The summed E-state index contributed by atoms with van der Waals surface area (Å²) in [7, 11) is 2.13. The van der Waals surface area contributed by atoms with Gasteiger partial charge in [0.05, 0.1) is 0 Å². The van der Waals surface area contributed by atoms with Crippen molar-refractivity contribution in [3.63, 3.8) is 0 Å². The molecule has 0 aliphatic carbocycles. The number of halogens is 1. The molecule has 0 saturated carbocycles. The summed E-state index contributed by atoms with van der Waals surface area (Å²) in [5.41, 5.74) is 1.20. The van der Waals surface area contributed by atoms with Crippen LogP contribution in [0.3, 0.4) is 0 Å². The molecule has 16 heavy (non-hydrogen) atoms. The first kappa shape index (κ1) is 13.5. The summed E-state index contributed by atoms with van der Waals surface area (Å²) < 4.78 is 0. The van der Waals surface area contributed by atoms with Crippen molar-refractivity contribution >= 4 is 11.6 Å². The van der Waals surface area contributed by atoms with E-state index in [0.29, 0.717) is 6.04 Å². The zero-order valence-corrected chi connectivity index (χ0v) is 11.1. The van der Waals surface area contributed by atoms with Crippen LogP contribution in [0, 0.1) is 0 Å². The van der Waals surface area contributed by atoms with Crippen LogP contribution < -0.4 is 5.32 Å². The van der Waals surface area contributed by atoms with Gasteiger partial charge < -0.3 is 5.32 Å². The molecule has 0 bridgehead atoms. The van der Waals surface area contributed by atoms with Crippen molar-refractivity contribution in [2.24, 2.45) is 0 Å². The van der Waals surface area contributed by atoms with Gasteiger partial charge in [-0.15, -0.1) is 0 Å². The van der Waals surface area contributed by atoms with Crippen LogP contribution in [0.25, 0.3) is 0 Å². The van der Waals surface area contributed by atoms with E-state index in [2.05, 4.69) is 37.2 Å². The summed E-state index contributed by atoms with van der Waals surface area (Å²) in [5.74, 6) is 0. The molecule has 0 heterocycles. The Bertz CT molecular complexity index is 315. The van der Waals surface area contributed by atoms with E-state index in [1.807, 2.05) is 18.2 Å². The quantitative estimate of drug-likeness (QED) is 0.770. The Balaban J connectivity index is 2.56. The number of rotatable bonds is 6. The molecule has 0 amide bonds. The van der Waals surface area contributed by atoms with Crippen molar-refractivity contribution in [1.29, 1.82) is 0 Å². The van der Waals surface area contributed by atoms with Crippen LogP contribution >= 0.6 is 11.6 Å². The minimum atomic E-state index is 0.354.